The second-order valence-corrected chi connectivity index (χ2v) is 6.28. The maximum absolute atomic E-state index is 13.1. The third-order valence-corrected chi connectivity index (χ3v) is 4.21. The van der Waals surface area contributed by atoms with Gasteiger partial charge in [0.15, 0.2) is 6.04 Å². The summed E-state index contributed by atoms with van der Waals surface area (Å²) >= 11 is 0. The van der Waals surface area contributed by atoms with Crippen LogP contribution >= 0.6 is 0 Å². The van der Waals surface area contributed by atoms with E-state index in [-0.39, 0.29) is 17.8 Å². The van der Waals surface area contributed by atoms with Crippen LogP contribution in [0.25, 0.3) is 0 Å². The van der Waals surface area contributed by atoms with E-state index in [1.54, 1.807) is 12.1 Å². The summed E-state index contributed by atoms with van der Waals surface area (Å²) in [5.41, 5.74) is 2.02. The first-order valence-corrected chi connectivity index (χ1v) is 8.05. The van der Waals surface area contributed by atoms with Crippen LogP contribution in [-0.2, 0) is 11.3 Å². The normalized spacial score (nSPS) is 16.6. The molecule has 3 nitrogen and oxygen atoms in total. The summed E-state index contributed by atoms with van der Waals surface area (Å²) in [6.07, 6.45) is 2.15. The molecule has 0 bridgehead atoms. The van der Waals surface area contributed by atoms with Gasteiger partial charge in [-0.2, -0.15) is 0 Å². The Morgan fingerprint density at radius 1 is 1.17 bits per heavy atom. The van der Waals surface area contributed by atoms with Crippen molar-refractivity contribution in [3.8, 4) is 0 Å². The summed E-state index contributed by atoms with van der Waals surface area (Å²) < 4.78 is 13.1. The van der Waals surface area contributed by atoms with Crippen molar-refractivity contribution in [2.24, 2.45) is 0 Å². The van der Waals surface area contributed by atoms with E-state index in [0.29, 0.717) is 12.6 Å². The molecule has 1 amide bonds. The van der Waals surface area contributed by atoms with Gasteiger partial charge >= 0.3 is 0 Å². The third-order valence-electron chi connectivity index (χ3n) is 4.21. The second kappa shape index (κ2) is 6.92. The van der Waals surface area contributed by atoms with Crippen LogP contribution in [0.4, 0.5) is 4.39 Å². The maximum Gasteiger partial charge on any atom is 0.283 e. The number of benzene rings is 2. The number of halogens is 1. The molecule has 0 aromatic heterocycles. The SMILES string of the molecule is C[NH+](Cc1ccc(F)cc1)[C@H](C(=O)NC1CC1)c1ccccc1. The number of likely N-dealkylation sites (N-methyl/N-ethyl adjacent to an activating group) is 1. The second-order valence-electron chi connectivity index (χ2n) is 6.28. The Bertz CT molecular complexity index is 653. The van der Waals surface area contributed by atoms with Gasteiger partial charge in [-0.15, -0.1) is 0 Å². The largest absolute Gasteiger partial charge is 0.348 e. The Kier molecular flexibility index (Phi) is 4.72. The monoisotopic (exact) mass is 313 g/mol. The summed E-state index contributed by atoms with van der Waals surface area (Å²) in [5, 5.41) is 3.11. The fraction of sp³-hybridized carbons (Fsp3) is 0.316. The Labute approximate surface area is 136 Å². The van der Waals surface area contributed by atoms with Crippen molar-refractivity contribution in [2.45, 2.75) is 31.5 Å². The van der Waals surface area contributed by atoms with Crippen LogP contribution in [0.3, 0.4) is 0 Å². The molecule has 3 rings (SSSR count). The molecule has 2 aromatic carbocycles. The zero-order valence-electron chi connectivity index (χ0n) is 13.3. The zero-order valence-corrected chi connectivity index (χ0v) is 13.3. The van der Waals surface area contributed by atoms with E-state index in [1.165, 1.54) is 12.1 Å². The minimum Gasteiger partial charge on any atom is -0.348 e. The molecule has 0 saturated heterocycles. The van der Waals surface area contributed by atoms with Crippen molar-refractivity contribution in [3.63, 3.8) is 0 Å². The lowest BCUT2D eigenvalue weighted by Gasteiger charge is -2.24. The minimum absolute atomic E-state index is 0.0679. The highest BCUT2D eigenvalue weighted by Gasteiger charge is 2.33. The summed E-state index contributed by atoms with van der Waals surface area (Å²) in [6.45, 7) is 0.665. The predicted molar refractivity (Wildman–Crippen MR) is 87.3 cm³/mol. The summed E-state index contributed by atoms with van der Waals surface area (Å²) in [4.78, 5) is 13.8. The first kappa shape index (κ1) is 15.7. The number of nitrogens with one attached hydrogen (secondary N) is 2. The van der Waals surface area contributed by atoms with Crippen molar-refractivity contribution in [2.75, 3.05) is 7.05 Å². The first-order chi connectivity index (χ1) is 11.1. The van der Waals surface area contributed by atoms with Gasteiger partial charge in [0, 0.05) is 17.2 Å². The van der Waals surface area contributed by atoms with Crippen LogP contribution < -0.4 is 10.2 Å². The van der Waals surface area contributed by atoms with E-state index < -0.39 is 0 Å². The lowest BCUT2D eigenvalue weighted by molar-refractivity contribution is -0.916. The molecule has 1 unspecified atom stereocenters. The highest BCUT2D eigenvalue weighted by atomic mass is 19.1. The molecule has 2 N–H and O–H groups in total. The molecule has 1 aliphatic rings. The number of rotatable bonds is 6. The van der Waals surface area contributed by atoms with Gasteiger partial charge in [-0.3, -0.25) is 4.79 Å². The minimum atomic E-state index is -0.262. The number of carbonyl (C=O) groups excluding carboxylic acids is 1. The Morgan fingerprint density at radius 2 is 1.83 bits per heavy atom. The molecule has 0 spiro atoms. The number of hydrogen-bond acceptors (Lipinski definition) is 1. The van der Waals surface area contributed by atoms with E-state index in [4.69, 9.17) is 0 Å². The first-order valence-electron chi connectivity index (χ1n) is 8.05. The lowest BCUT2D eigenvalue weighted by atomic mass is 10.0. The van der Waals surface area contributed by atoms with Crippen molar-refractivity contribution >= 4 is 5.91 Å². The quantitative estimate of drug-likeness (QED) is 0.838. The van der Waals surface area contributed by atoms with Crippen LogP contribution in [0.5, 0.6) is 0 Å². The van der Waals surface area contributed by atoms with E-state index in [0.717, 1.165) is 28.9 Å². The summed E-state index contributed by atoms with van der Waals surface area (Å²) in [5.74, 6) is -0.171. The molecule has 23 heavy (non-hydrogen) atoms. The Balaban J connectivity index is 1.78. The van der Waals surface area contributed by atoms with Crippen LogP contribution in [-0.4, -0.2) is 19.0 Å². The van der Waals surface area contributed by atoms with Gasteiger partial charge < -0.3 is 10.2 Å². The number of amides is 1. The maximum atomic E-state index is 13.1. The van der Waals surface area contributed by atoms with Gasteiger partial charge in [-0.25, -0.2) is 4.39 Å². The topological polar surface area (TPSA) is 33.5 Å². The van der Waals surface area contributed by atoms with Gasteiger partial charge in [0.05, 0.1) is 7.05 Å². The van der Waals surface area contributed by atoms with E-state index in [9.17, 15) is 9.18 Å². The smallest absolute Gasteiger partial charge is 0.283 e. The van der Waals surface area contributed by atoms with Gasteiger partial charge in [-0.05, 0) is 25.0 Å². The summed E-state index contributed by atoms with van der Waals surface area (Å²) in [7, 11) is 2.01. The number of hydrogen-bond donors (Lipinski definition) is 2. The molecule has 4 heteroatoms. The van der Waals surface area contributed by atoms with Crippen LogP contribution in [0.15, 0.2) is 54.6 Å². The molecule has 0 radical (unpaired) electrons. The van der Waals surface area contributed by atoms with Crippen LogP contribution in [0, 0.1) is 5.82 Å². The van der Waals surface area contributed by atoms with Gasteiger partial charge in [0.2, 0.25) is 0 Å². The van der Waals surface area contributed by atoms with Crippen LogP contribution in [0.2, 0.25) is 0 Å². The van der Waals surface area contributed by atoms with Crippen molar-refractivity contribution < 1.29 is 14.1 Å². The Hall–Kier alpha value is -2.20. The molecule has 2 atom stereocenters. The van der Waals surface area contributed by atoms with Crippen molar-refractivity contribution in [1.29, 1.82) is 0 Å². The van der Waals surface area contributed by atoms with E-state index in [2.05, 4.69) is 5.32 Å². The Morgan fingerprint density at radius 3 is 2.43 bits per heavy atom. The molecular weight excluding hydrogens is 291 g/mol. The number of carbonyl (C=O) groups is 1. The number of quaternary nitrogens is 1. The molecule has 2 aromatic rings. The van der Waals surface area contributed by atoms with Gasteiger partial charge in [0.25, 0.3) is 5.91 Å². The molecule has 0 heterocycles. The molecule has 0 aliphatic heterocycles. The molecular formula is C19H22FN2O+. The lowest BCUT2D eigenvalue weighted by Crippen LogP contribution is -3.09. The van der Waals surface area contributed by atoms with Gasteiger partial charge in [-0.1, -0.05) is 42.5 Å². The van der Waals surface area contributed by atoms with Crippen LogP contribution in [0.1, 0.15) is 30.0 Å². The average Bonchev–Trinajstić information content (AvgIpc) is 3.35. The highest BCUT2D eigenvalue weighted by Crippen LogP contribution is 2.20. The van der Waals surface area contributed by atoms with Gasteiger partial charge in [0.1, 0.15) is 12.4 Å². The van der Waals surface area contributed by atoms with Crippen molar-refractivity contribution in [3.05, 3.63) is 71.5 Å². The highest BCUT2D eigenvalue weighted by molar-refractivity contribution is 5.82. The zero-order chi connectivity index (χ0) is 16.2. The van der Waals surface area contributed by atoms with E-state index >= 15 is 0 Å². The molecule has 1 saturated carbocycles. The predicted octanol–water partition coefficient (Wildman–Crippen LogP) is 1.86. The average molecular weight is 313 g/mol. The molecule has 1 aliphatic carbocycles. The summed E-state index contributed by atoms with van der Waals surface area (Å²) in [6, 6.07) is 16.4. The fourth-order valence-electron chi connectivity index (χ4n) is 2.84. The third kappa shape index (κ3) is 4.17. The molecule has 1 fully saturated rings. The standard InChI is InChI=1S/C19H21FN2O/c1-22(13-14-7-9-16(20)10-8-14)18(15-5-3-2-4-6-15)19(23)21-17-11-12-17/h2-10,17-18H,11-13H2,1H3,(H,21,23)/p+1/t18-/m0/s1. The van der Waals surface area contributed by atoms with Crippen molar-refractivity contribution in [1.82, 2.24) is 5.32 Å². The van der Waals surface area contributed by atoms with E-state index in [1.807, 2.05) is 37.4 Å². The molecule has 120 valence electrons. The fourth-order valence-corrected chi connectivity index (χ4v) is 2.84.